The van der Waals surface area contributed by atoms with Gasteiger partial charge in [-0.3, -0.25) is 28.8 Å². The van der Waals surface area contributed by atoms with Crippen LogP contribution < -0.4 is 27.8 Å². The highest BCUT2D eigenvalue weighted by Crippen LogP contribution is 2.50. The van der Waals surface area contributed by atoms with Crippen LogP contribution in [-0.2, 0) is 61.1 Å². The molecule has 0 aromatic heterocycles. The van der Waals surface area contributed by atoms with Gasteiger partial charge in [-0.2, -0.15) is 0 Å². The van der Waals surface area contributed by atoms with Gasteiger partial charge in [-0.25, -0.2) is 39.5 Å². The molecule has 3 aliphatic carbocycles. The van der Waals surface area contributed by atoms with E-state index in [1.54, 1.807) is 26.6 Å². The van der Waals surface area contributed by atoms with E-state index in [-0.39, 0.29) is 108 Å². The van der Waals surface area contributed by atoms with Gasteiger partial charge in [0.2, 0.25) is 35.4 Å². The van der Waals surface area contributed by atoms with Gasteiger partial charge in [0.25, 0.3) is 0 Å². The van der Waals surface area contributed by atoms with Crippen LogP contribution in [0.2, 0.25) is 0 Å². The number of nitrogens with two attached hydrogens (primary N) is 3. The summed E-state index contributed by atoms with van der Waals surface area (Å²) in [7, 11) is 1.73. The normalized spacial score (nSPS) is 20.1. The van der Waals surface area contributed by atoms with Crippen LogP contribution in [0.5, 0.6) is 0 Å². The topological polar surface area (TPSA) is 238 Å². The first-order chi connectivity index (χ1) is 46.7. The molecule has 0 radical (unpaired) electrons. The minimum absolute atomic E-state index is 0.00382. The van der Waals surface area contributed by atoms with Crippen molar-refractivity contribution in [2.75, 3.05) is 46.3 Å². The molecule has 11 rings (SSSR count). The molecule has 0 spiro atoms. The van der Waals surface area contributed by atoms with E-state index in [9.17, 15) is 73.4 Å². The van der Waals surface area contributed by atoms with Crippen molar-refractivity contribution in [2.24, 2.45) is 45.8 Å². The number of halogens is 9. The zero-order valence-electron chi connectivity index (χ0n) is 55.1. The molecule has 9 N–H and O–H groups in total. The van der Waals surface area contributed by atoms with Crippen LogP contribution in [0.1, 0.15) is 124 Å². The van der Waals surface area contributed by atoms with Crippen molar-refractivity contribution in [2.45, 2.75) is 159 Å². The molecular weight excluding hydrogens is 1290 g/mol. The Labute approximate surface area is 565 Å². The number of aliphatic hydroxyl groups excluding tert-OH is 1. The maximum absolute atomic E-state index is 14.0. The molecule has 6 amide bonds. The highest BCUT2D eigenvalue weighted by molar-refractivity contribution is 6.08. The van der Waals surface area contributed by atoms with E-state index in [4.69, 9.17) is 17.2 Å². The molecule has 0 unspecified atom stereocenters. The zero-order valence-corrected chi connectivity index (χ0v) is 55.1. The Morgan fingerprint density at radius 3 is 1.23 bits per heavy atom. The van der Waals surface area contributed by atoms with Gasteiger partial charge in [-0.05, 0) is 173 Å². The molecule has 16 nitrogen and oxygen atoms in total. The number of amides is 6. The molecule has 3 heterocycles. The first-order valence-corrected chi connectivity index (χ1v) is 33.9. The van der Waals surface area contributed by atoms with Crippen LogP contribution in [0, 0.1) is 80.9 Å². The van der Waals surface area contributed by atoms with Crippen LogP contribution in [-0.4, -0.2) is 137 Å². The van der Waals surface area contributed by atoms with Crippen LogP contribution in [0.15, 0.2) is 97.1 Å². The minimum Gasteiger partial charge on any atom is -0.393 e. The second-order valence-electron chi connectivity index (χ2n) is 27.4. The lowest BCUT2D eigenvalue weighted by molar-refractivity contribution is -0.150. The van der Waals surface area contributed by atoms with E-state index < -0.39 is 81.3 Å². The molecule has 5 aromatic rings. The molecule has 3 atom stereocenters. The number of hydrogen-bond acceptors (Lipinski definition) is 10. The van der Waals surface area contributed by atoms with E-state index in [1.165, 1.54) is 0 Å². The molecule has 98 heavy (non-hydrogen) atoms. The lowest BCUT2D eigenvalue weighted by Crippen LogP contribution is -2.50. The number of nitrogens with one attached hydrogen (secondary N) is 2. The Balaban J connectivity index is 0.000000172. The number of aliphatic hydroxyl groups is 1. The zero-order chi connectivity index (χ0) is 70.6. The average Bonchev–Trinajstić information content (AvgIpc) is 1.60. The van der Waals surface area contributed by atoms with Gasteiger partial charge in [0.1, 0.15) is 34.7 Å². The molecule has 3 saturated carbocycles. The van der Waals surface area contributed by atoms with Gasteiger partial charge in [-0.1, -0.05) is 60.7 Å². The molecule has 3 saturated heterocycles. The van der Waals surface area contributed by atoms with Gasteiger partial charge >= 0.3 is 0 Å². The smallest absolute Gasteiger partial charge is 0.238 e. The van der Waals surface area contributed by atoms with E-state index in [0.29, 0.717) is 160 Å². The fourth-order valence-electron chi connectivity index (χ4n) is 14.0. The molecule has 6 aliphatic rings. The summed E-state index contributed by atoms with van der Waals surface area (Å²) in [5, 5.41) is 15.3. The van der Waals surface area contributed by atoms with Gasteiger partial charge < -0.3 is 52.5 Å². The SMILES string of the molecule is CN(Cc1ccccc1)C(=O)C1(C(=O)N2CCC([C@H](N)Cc3cc(F)c(F)cc3F)CC2)CC1.N[C@H](Cc1cc(F)c(F)cc1F)C1CCN(C(=O)C2(C(=O)NCc3ccccc3)CC2)CC1.N[C@H](Cc1cc(F)c(F)cc1F)C1CCN(C(=O)CC(=O)NC2CCC(O)CC2)CC1. The number of likely N-dealkylation sites (tertiary alicyclic amines) is 3. The van der Waals surface area contributed by atoms with Crippen molar-refractivity contribution >= 4 is 35.4 Å². The van der Waals surface area contributed by atoms with Crippen molar-refractivity contribution in [3.8, 4) is 0 Å². The largest absolute Gasteiger partial charge is 0.393 e. The van der Waals surface area contributed by atoms with E-state index in [2.05, 4.69) is 10.6 Å². The first kappa shape index (κ1) is 74.4. The maximum atomic E-state index is 14.0. The summed E-state index contributed by atoms with van der Waals surface area (Å²) < 4.78 is 122. The number of benzene rings is 5. The first-order valence-electron chi connectivity index (χ1n) is 33.9. The second-order valence-corrected chi connectivity index (χ2v) is 27.4. The molecule has 0 bridgehead atoms. The van der Waals surface area contributed by atoms with Gasteiger partial charge in [0, 0.05) is 102 Å². The van der Waals surface area contributed by atoms with Crippen molar-refractivity contribution in [1.82, 2.24) is 30.2 Å². The number of rotatable bonds is 20. The fourth-order valence-corrected chi connectivity index (χ4v) is 14.0. The van der Waals surface area contributed by atoms with Crippen LogP contribution in [0.25, 0.3) is 0 Å². The van der Waals surface area contributed by atoms with E-state index in [1.807, 2.05) is 60.7 Å². The molecule has 25 heteroatoms. The summed E-state index contributed by atoms with van der Waals surface area (Å²) in [4.78, 5) is 83.7. The Morgan fingerprint density at radius 2 is 0.847 bits per heavy atom. The number of piperidine rings is 3. The number of carbonyl (C=O) groups is 6. The summed E-state index contributed by atoms with van der Waals surface area (Å²) in [6.45, 7) is 3.58. The summed E-state index contributed by atoms with van der Waals surface area (Å²) in [6.07, 6.45) is 8.32. The van der Waals surface area contributed by atoms with Crippen LogP contribution >= 0.6 is 0 Å². The van der Waals surface area contributed by atoms with Gasteiger partial charge in [0.05, 0.1) is 6.10 Å². The van der Waals surface area contributed by atoms with Crippen molar-refractivity contribution in [3.05, 3.63) is 177 Å². The third-order valence-electron chi connectivity index (χ3n) is 20.4. The molecule has 6 fully saturated rings. The lowest BCUT2D eigenvalue weighted by atomic mass is 9.85. The Kier molecular flexibility index (Phi) is 25.3. The standard InChI is InChI=1S/C26H30F3N3O2.C25H28F3N3O2.C22H30F3N3O3/c1-31(16-17-5-3-2-4-6-17)24(33)26(9-10-26)25(34)32-11-7-18(8-12-32)23(30)14-19-13-21(28)22(29)15-20(19)27;26-19-14-21(28)20(27)12-18(19)13-22(29)17-6-10-31(11-7-17)24(33)25(8-9-25)23(32)30-15-16-4-2-1-3-5-16;23-17-11-19(25)18(24)9-14(17)10-20(26)13-5-7-28(8-6-13)22(31)12-21(30)27-15-1-3-16(29)4-2-15/h2-6,13,15,18,23H,7-12,14,16,30H2,1H3;1-5,12,14,17,22H,6-11,13,15,29H2,(H,30,32);9,11,13,15-16,20,29H,1-8,10,12,26H2,(H,27,30)/t23-;22-;15?,16?,20-/m111/s1. The third-order valence-corrected chi connectivity index (χ3v) is 20.4. The monoisotopic (exact) mass is 1370 g/mol. The maximum Gasteiger partial charge on any atom is 0.238 e. The average molecular weight is 1370 g/mol. The molecule has 3 aliphatic heterocycles. The third kappa shape index (κ3) is 19.1. The summed E-state index contributed by atoms with van der Waals surface area (Å²) in [6, 6.07) is 22.0. The van der Waals surface area contributed by atoms with Crippen molar-refractivity contribution in [3.63, 3.8) is 0 Å². The van der Waals surface area contributed by atoms with E-state index >= 15 is 0 Å². The van der Waals surface area contributed by atoms with Crippen molar-refractivity contribution in [1.29, 1.82) is 0 Å². The number of hydrogen-bond donors (Lipinski definition) is 6. The predicted molar refractivity (Wildman–Crippen MR) is 347 cm³/mol. The van der Waals surface area contributed by atoms with Crippen LogP contribution in [0.3, 0.4) is 0 Å². The van der Waals surface area contributed by atoms with Gasteiger partial charge in [0.15, 0.2) is 34.9 Å². The Hall–Kier alpha value is -7.87. The summed E-state index contributed by atoms with van der Waals surface area (Å²) in [5.74, 6) is -10.6. The quantitative estimate of drug-likeness (QED) is 0.0246. The highest BCUT2D eigenvalue weighted by atomic mass is 19.2. The van der Waals surface area contributed by atoms with Crippen molar-refractivity contribution < 1.29 is 73.4 Å². The summed E-state index contributed by atoms with van der Waals surface area (Å²) >= 11 is 0. The van der Waals surface area contributed by atoms with E-state index in [0.717, 1.165) is 29.3 Å². The summed E-state index contributed by atoms with van der Waals surface area (Å²) in [5.41, 5.74) is 18.9. The second kappa shape index (κ2) is 33.3. The van der Waals surface area contributed by atoms with Crippen LogP contribution in [0.4, 0.5) is 39.5 Å². The Bertz CT molecular complexity index is 3600. The predicted octanol–water partition coefficient (Wildman–Crippen LogP) is 8.98. The van der Waals surface area contributed by atoms with Gasteiger partial charge in [-0.15, -0.1) is 0 Å². The Morgan fingerprint density at radius 1 is 0.490 bits per heavy atom. The number of carbonyl (C=O) groups excluding carboxylic acids is 6. The fraction of sp³-hybridized carbons (Fsp3) is 0.507. The number of nitrogens with zero attached hydrogens (tertiary/aromatic N) is 4. The minimum atomic E-state index is -1.23. The molecule has 530 valence electrons. The molecular formula is C73H88F9N9O7. The highest BCUT2D eigenvalue weighted by Gasteiger charge is 2.60. The lowest BCUT2D eigenvalue weighted by Gasteiger charge is -2.37. The molecule has 5 aromatic carbocycles.